The molecule has 0 saturated heterocycles. The van der Waals surface area contributed by atoms with Crippen molar-refractivity contribution in [1.82, 2.24) is 0 Å². The Balaban J connectivity index is 1.71. The van der Waals surface area contributed by atoms with Crippen molar-refractivity contribution in [2.45, 2.75) is 0 Å². The molecule has 2 heterocycles. The number of hydrogen-bond acceptors (Lipinski definition) is 4. The van der Waals surface area contributed by atoms with Crippen LogP contribution in [0.3, 0.4) is 0 Å². The third-order valence-corrected chi connectivity index (χ3v) is 5.49. The molecule has 24 heavy (non-hydrogen) atoms. The predicted molar refractivity (Wildman–Crippen MR) is 97.6 cm³/mol. The van der Waals surface area contributed by atoms with Crippen molar-refractivity contribution in [2.75, 3.05) is 11.1 Å². The maximum absolute atomic E-state index is 12.9. The molecular formula is C17H15AsN5O+. The van der Waals surface area contributed by atoms with Gasteiger partial charge in [0.1, 0.15) is 0 Å². The van der Waals surface area contributed by atoms with Gasteiger partial charge in [-0.15, -0.1) is 0 Å². The number of aliphatic imine (C=N–C) groups is 2. The maximum atomic E-state index is 12.9. The zero-order valence-electron chi connectivity index (χ0n) is 12.7. The first kappa shape index (κ1) is 14.9. The Morgan fingerprint density at radius 2 is 2.08 bits per heavy atom. The third-order valence-electron chi connectivity index (χ3n) is 4.03. The summed E-state index contributed by atoms with van der Waals surface area (Å²) in [4.78, 5) is 21.7. The molecule has 1 aromatic rings. The molecule has 0 fully saturated rings. The van der Waals surface area contributed by atoms with E-state index in [-0.39, 0.29) is 9.31 Å². The SMILES string of the molecule is Nc1ccccc1NC(=O)C1=NC(C2=CC=C2)=C2C=NC=C[N+]12[AsH2]. The van der Waals surface area contributed by atoms with E-state index in [2.05, 4.69) is 15.3 Å². The summed E-state index contributed by atoms with van der Waals surface area (Å²) in [6.45, 7) is 0. The second kappa shape index (κ2) is 5.44. The molecule has 2 unspecified atom stereocenters. The summed E-state index contributed by atoms with van der Waals surface area (Å²) >= 11 is 1.35. The van der Waals surface area contributed by atoms with Crippen LogP contribution in [0.4, 0.5) is 11.4 Å². The number of benzene rings is 1. The van der Waals surface area contributed by atoms with Gasteiger partial charge in [0.2, 0.25) is 0 Å². The van der Waals surface area contributed by atoms with Gasteiger partial charge >= 0.3 is 148 Å². The second-order valence-electron chi connectivity index (χ2n) is 5.55. The van der Waals surface area contributed by atoms with Gasteiger partial charge in [-0.1, -0.05) is 0 Å². The quantitative estimate of drug-likeness (QED) is 0.612. The molecule has 0 saturated carbocycles. The molecule has 0 spiro atoms. The summed E-state index contributed by atoms with van der Waals surface area (Å²) in [6, 6.07) is 7.17. The molecule has 4 rings (SSSR count). The van der Waals surface area contributed by atoms with Crippen LogP contribution in [0.5, 0.6) is 0 Å². The summed E-state index contributed by atoms with van der Waals surface area (Å²) in [5.41, 5.74) is 9.72. The van der Waals surface area contributed by atoms with E-state index in [1.807, 2.05) is 36.6 Å². The van der Waals surface area contributed by atoms with Gasteiger partial charge in [-0.3, -0.25) is 0 Å². The summed E-state index contributed by atoms with van der Waals surface area (Å²) in [5.74, 6) is 0.139. The number of allylic oxidation sites excluding steroid dienone is 4. The molecular weight excluding hydrogens is 365 g/mol. The molecule has 0 bridgehead atoms. The van der Waals surface area contributed by atoms with E-state index in [9.17, 15) is 4.79 Å². The molecule has 0 aromatic heterocycles. The van der Waals surface area contributed by atoms with Crippen molar-refractivity contribution in [3.63, 3.8) is 0 Å². The number of nitrogens with zero attached hydrogens (tertiary/aromatic N) is 3. The van der Waals surface area contributed by atoms with Crippen LogP contribution in [0, 0.1) is 0 Å². The number of carbonyl (C=O) groups is 1. The van der Waals surface area contributed by atoms with Gasteiger partial charge in [-0.2, -0.15) is 0 Å². The number of hydrogen-bond donors (Lipinski definition) is 2. The first-order chi connectivity index (χ1) is 11.6. The topological polar surface area (TPSA) is 79.8 Å². The van der Waals surface area contributed by atoms with Crippen LogP contribution in [0.15, 0.2) is 81.8 Å². The van der Waals surface area contributed by atoms with Crippen molar-refractivity contribution < 1.29 is 8.19 Å². The first-order valence-corrected chi connectivity index (χ1v) is 8.45. The van der Waals surface area contributed by atoms with E-state index in [1.54, 1.807) is 24.5 Å². The minimum absolute atomic E-state index is 0.246. The van der Waals surface area contributed by atoms with Gasteiger partial charge in [0.25, 0.3) is 0 Å². The van der Waals surface area contributed by atoms with E-state index >= 15 is 0 Å². The number of anilines is 2. The molecule has 1 aliphatic carbocycles. The summed E-state index contributed by atoms with van der Waals surface area (Å²) in [6.07, 6.45) is 11.2. The molecule has 6 nitrogen and oxygen atoms in total. The van der Waals surface area contributed by atoms with Gasteiger partial charge < -0.3 is 0 Å². The van der Waals surface area contributed by atoms with Crippen LogP contribution >= 0.6 is 0 Å². The fraction of sp³-hybridized carbons (Fsp3) is 0. The van der Waals surface area contributed by atoms with Crippen molar-refractivity contribution in [2.24, 2.45) is 9.98 Å². The number of nitrogens with two attached hydrogens (primary N) is 1. The van der Waals surface area contributed by atoms with Gasteiger partial charge in [-0.05, 0) is 0 Å². The number of amides is 1. The van der Waals surface area contributed by atoms with E-state index < -0.39 is 0 Å². The van der Waals surface area contributed by atoms with Crippen molar-refractivity contribution in [3.05, 3.63) is 71.9 Å². The Kier molecular flexibility index (Phi) is 3.37. The minimum atomic E-state index is -0.270. The molecule has 118 valence electrons. The Labute approximate surface area is 147 Å². The summed E-state index contributed by atoms with van der Waals surface area (Å²) in [5, 5.41) is 2.86. The Bertz CT molecular complexity index is 938. The van der Waals surface area contributed by atoms with E-state index in [0.717, 1.165) is 17.0 Å². The number of nitrogens with one attached hydrogen (secondary N) is 1. The van der Waals surface area contributed by atoms with Gasteiger partial charge in [0, 0.05) is 0 Å². The van der Waals surface area contributed by atoms with Crippen LogP contribution in [-0.2, 0) is 4.79 Å². The van der Waals surface area contributed by atoms with Crippen LogP contribution in [0.2, 0.25) is 0 Å². The normalized spacial score (nSPS) is 23.5. The fourth-order valence-electron chi connectivity index (χ4n) is 2.67. The molecule has 2 aliphatic heterocycles. The van der Waals surface area contributed by atoms with Crippen molar-refractivity contribution in [3.8, 4) is 0 Å². The number of carbonyl (C=O) groups excluding carboxylic acids is 1. The van der Waals surface area contributed by atoms with Crippen LogP contribution in [0.25, 0.3) is 0 Å². The fourth-order valence-corrected chi connectivity index (χ4v) is 3.60. The number of para-hydroxylation sites is 2. The van der Waals surface area contributed by atoms with Crippen molar-refractivity contribution in [1.29, 1.82) is 0 Å². The van der Waals surface area contributed by atoms with E-state index in [4.69, 9.17) is 5.73 Å². The number of fused-ring (bicyclic) bond motifs is 1. The Hall–Kier alpha value is -2.69. The molecule has 3 N–H and O–H groups in total. The summed E-state index contributed by atoms with van der Waals surface area (Å²) < 4.78 is 0.246. The third kappa shape index (κ3) is 2.19. The van der Waals surface area contributed by atoms with Crippen LogP contribution in [0.1, 0.15) is 0 Å². The van der Waals surface area contributed by atoms with Gasteiger partial charge in [0.15, 0.2) is 0 Å². The number of amidine groups is 1. The molecule has 7 heteroatoms. The van der Waals surface area contributed by atoms with Crippen LogP contribution < -0.4 is 11.1 Å². The number of nitrogen functional groups attached to an aromatic ring is 1. The summed E-state index contributed by atoms with van der Waals surface area (Å²) in [7, 11) is 0. The number of rotatable bonds is 3. The second-order valence-corrected chi connectivity index (χ2v) is 7.25. The standard InChI is InChI=1S/C17H14AsN5O/c18-23-9-8-20-10-14(23)15(11-4-3-5-11)22-16(23)17(24)21-13-7-2-1-6-12(13)19/h1-10H,18H2,(H2-,19,20,21,22,24)/p+1. The molecule has 1 amide bonds. The van der Waals surface area contributed by atoms with E-state index in [1.165, 1.54) is 17.1 Å². The van der Waals surface area contributed by atoms with E-state index in [0.29, 0.717) is 17.2 Å². The molecule has 1 aromatic carbocycles. The zero-order chi connectivity index (χ0) is 16.7. The van der Waals surface area contributed by atoms with Gasteiger partial charge in [-0.25, -0.2) is 0 Å². The Morgan fingerprint density at radius 1 is 1.29 bits per heavy atom. The first-order valence-electron chi connectivity index (χ1n) is 7.36. The predicted octanol–water partition coefficient (Wildman–Crippen LogP) is 1.25. The average Bonchev–Trinajstić information content (AvgIpc) is 2.81. The van der Waals surface area contributed by atoms with Gasteiger partial charge in [0.05, 0.1) is 0 Å². The molecule has 3 aliphatic rings. The monoisotopic (exact) mass is 380 g/mol. The Morgan fingerprint density at radius 3 is 2.79 bits per heavy atom. The van der Waals surface area contributed by atoms with Crippen LogP contribution in [-0.4, -0.2) is 38.4 Å². The van der Waals surface area contributed by atoms with Crippen molar-refractivity contribution >= 4 is 46.4 Å². The number of quaternary nitrogens is 1. The zero-order valence-corrected chi connectivity index (χ0v) is 15.1. The molecule has 0 radical (unpaired) electrons. The average molecular weight is 380 g/mol. The molecule has 2 atom stereocenters.